The van der Waals surface area contributed by atoms with Crippen molar-refractivity contribution in [3.63, 3.8) is 0 Å². The maximum atomic E-state index is 12.1. The Kier molecular flexibility index (Phi) is 3.62. The van der Waals surface area contributed by atoms with E-state index in [2.05, 4.69) is 12.0 Å². The molecule has 1 unspecified atom stereocenters. The number of nitrogens with zero attached hydrogens (tertiary/aromatic N) is 2. The third-order valence-electron chi connectivity index (χ3n) is 3.37. The minimum atomic E-state index is -0.213. The van der Waals surface area contributed by atoms with E-state index in [-0.39, 0.29) is 11.9 Å². The highest BCUT2D eigenvalue weighted by Gasteiger charge is 2.36. The first-order valence-electron chi connectivity index (χ1n) is 6.23. The largest absolute Gasteiger partial charge is 0.373 e. The fourth-order valence-corrected chi connectivity index (χ4v) is 2.17. The number of ether oxygens (including phenoxy) is 1. The number of methoxy groups -OCH3 is 1. The van der Waals surface area contributed by atoms with Gasteiger partial charge < -0.3 is 4.74 Å². The van der Waals surface area contributed by atoms with Gasteiger partial charge in [0.15, 0.2) is 5.78 Å². The van der Waals surface area contributed by atoms with Gasteiger partial charge in [-0.15, -0.1) is 0 Å². The first kappa shape index (κ1) is 12.3. The van der Waals surface area contributed by atoms with Gasteiger partial charge in [0.1, 0.15) is 6.10 Å². The van der Waals surface area contributed by atoms with E-state index in [9.17, 15) is 4.79 Å². The lowest BCUT2D eigenvalue weighted by atomic mass is 10.1. The number of carbonyl (C=O) groups is 1. The van der Waals surface area contributed by atoms with Crippen molar-refractivity contribution >= 4 is 5.78 Å². The summed E-state index contributed by atoms with van der Waals surface area (Å²) in [6.45, 7) is 2.07. The lowest BCUT2D eigenvalue weighted by molar-refractivity contribution is -0.129. The molecule has 0 radical (unpaired) electrons. The van der Waals surface area contributed by atoms with Crippen molar-refractivity contribution in [2.24, 2.45) is 13.0 Å². The van der Waals surface area contributed by atoms with Gasteiger partial charge in [-0.3, -0.25) is 9.48 Å². The monoisotopic (exact) mass is 236 g/mol. The number of hydrogen-bond donors (Lipinski definition) is 0. The number of aryl methyl sites for hydroxylation is 2. The summed E-state index contributed by atoms with van der Waals surface area (Å²) in [5.74, 6) is 0.632. The number of carbonyl (C=O) groups excluding carboxylic acids is 1. The zero-order chi connectivity index (χ0) is 12.4. The highest BCUT2D eigenvalue weighted by Crippen LogP contribution is 2.34. The molecule has 1 aromatic heterocycles. The molecular weight excluding hydrogens is 216 g/mol. The predicted molar refractivity (Wildman–Crippen MR) is 64.8 cm³/mol. The third-order valence-corrected chi connectivity index (χ3v) is 3.37. The Bertz CT molecular complexity index is 408. The quantitative estimate of drug-likeness (QED) is 0.752. The second kappa shape index (κ2) is 5.00. The van der Waals surface area contributed by atoms with E-state index in [1.807, 2.05) is 13.1 Å². The van der Waals surface area contributed by atoms with Crippen LogP contribution >= 0.6 is 0 Å². The predicted octanol–water partition coefficient (Wildman–Crippen LogP) is 1.52. The van der Waals surface area contributed by atoms with Crippen LogP contribution in [-0.2, 0) is 29.4 Å². The first-order valence-corrected chi connectivity index (χ1v) is 6.23. The molecule has 1 aromatic rings. The summed E-state index contributed by atoms with van der Waals surface area (Å²) in [7, 11) is 3.52. The van der Waals surface area contributed by atoms with Crippen LogP contribution in [0.15, 0.2) is 6.07 Å². The molecule has 0 aliphatic heterocycles. The highest BCUT2D eigenvalue weighted by molar-refractivity contribution is 5.85. The third kappa shape index (κ3) is 2.75. The highest BCUT2D eigenvalue weighted by atomic mass is 16.5. The van der Waals surface area contributed by atoms with Crippen LogP contribution < -0.4 is 0 Å². The molecule has 94 valence electrons. The summed E-state index contributed by atoms with van der Waals surface area (Å²) in [6.07, 6.45) is 3.36. The molecule has 1 heterocycles. The Labute approximate surface area is 102 Å². The number of hydrogen-bond acceptors (Lipinski definition) is 3. The second-order valence-electron chi connectivity index (χ2n) is 4.74. The van der Waals surface area contributed by atoms with Crippen molar-refractivity contribution in [1.29, 1.82) is 0 Å². The molecule has 0 spiro atoms. The summed E-state index contributed by atoms with van der Waals surface area (Å²) >= 11 is 0. The fraction of sp³-hybridized carbons (Fsp3) is 0.692. The van der Waals surface area contributed by atoms with Crippen molar-refractivity contribution in [2.45, 2.75) is 38.7 Å². The van der Waals surface area contributed by atoms with Gasteiger partial charge in [0.2, 0.25) is 0 Å². The number of aromatic nitrogens is 2. The van der Waals surface area contributed by atoms with Crippen LogP contribution in [0, 0.1) is 5.92 Å². The molecule has 1 aliphatic carbocycles. The molecule has 17 heavy (non-hydrogen) atoms. The Morgan fingerprint density at radius 3 is 2.82 bits per heavy atom. The van der Waals surface area contributed by atoms with Crippen LogP contribution in [0.3, 0.4) is 0 Å². The Morgan fingerprint density at radius 2 is 2.35 bits per heavy atom. The van der Waals surface area contributed by atoms with Crippen LogP contribution in [-0.4, -0.2) is 28.8 Å². The van der Waals surface area contributed by atoms with Crippen LogP contribution in [0.5, 0.6) is 0 Å². The zero-order valence-corrected chi connectivity index (χ0v) is 10.8. The number of rotatable bonds is 6. The Morgan fingerprint density at radius 1 is 1.65 bits per heavy atom. The van der Waals surface area contributed by atoms with E-state index < -0.39 is 0 Å². The normalized spacial score (nSPS) is 17.1. The molecule has 1 atom stereocenters. The SMILES string of the molecule is CCc1cc(CC(=O)C(OC)C2CC2)n(C)n1. The van der Waals surface area contributed by atoms with Gasteiger partial charge in [-0.1, -0.05) is 6.92 Å². The van der Waals surface area contributed by atoms with E-state index in [1.165, 1.54) is 0 Å². The molecule has 4 nitrogen and oxygen atoms in total. The van der Waals surface area contributed by atoms with Gasteiger partial charge in [-0.2, -0.15) is 5.10 Å². The van der Waals surface area contributed by atoms with Gasteiger partial charge in [0.25, 0.3) is 0 Å². The van der Waals surface area contributed by atoms with Crippen molar-refractivity contribution in [3.05, 3.63) is 17.5 Å². The number of ketones is 1. The lowest BCUT2D eigenvalue weighted by Crippen LogP contribution is -2.27. The molecule has 0 bridgehead atoms. The van der Waals surface area contributed by atoms with Crippen LogP contribution in [0.4, 0.5) is 0 Å². The molecule has 4 heteroatoms. The zero-order valence-electron chi connectivity index (χ0n) is 10.8. The molecule has 1 fully saturated rings. The van der Waals surface area contributed by atoms with Crippen molar-refractivity contribution in [2.75, 3.05) is 7.11 Å². The van der Waals surface area contributed by atoms with E-state index in [1.54, 1.807) is 11.8 Å². The molecule has 1 aliphatic rings. The first-order chi connectivity index (χ1) is 8.15. The summed E-state index contributed by atoms with van der Waals surface area (Å²) in [6, 6.07) is 2.01. The summed E-state index contributed by atoms with van der Waals surface area (Å²) in [5.41, 5.74) is 2.02. The lowest BCUT2D eigenvalue weighted by Gasteiger charge is -2.12. The van der Waals surface area contributed by atoms with Crippen LogP contribution in [0.2, 0.25) is 0 Å². The molecule has 2 rings (SSSR count). The van der Waals surface area contributed by atoms with Crippen molar-refractivity contribution in [3.8, 4) is 0 Å². The average molecular weight is 236 g/mol. The van der Waals surface area contributed by atoms with Gasteiger partial charge in [-0.25, -0.2) is 0 Å². The molecule has 1 saturated carbocycles. The van der Waals surface area contributed by atoms with Gasteiger partial charge >= 0.3 is 0 Å². The van der Waals surface area contributed by atoms with Crippen molar-refractivity contribution < 1.29 is 9.53 Å². The van der Waals surface area contributed by atoms with Gasteiger partial charge in [-0.05, 0) is 31.2 Å². The molecular formula is C13H20N2O2. The fourth-order valence-electron chi connectivity index (χ4n) is 2.17. The average Bonchev–Trinajstić information content (AvgIpc) is 3.06. The van der Waals surface area contributed by atoms with Gasteiger partial charge in [0.05, 0.1) is 12.1 Å². The molecule has 0 saturated heterocycles. The van der Waals surface area contributed by atoms with E-state index >= 15 is 0 Å². The topological polar surface area (TPSA) is 44.1 Å². The minimum absolute atomic E-state index is 0.181. The van der Waals surface area contributed by atoms with Crippen molar-refractivity contribution in [1.82, 2.24) is 9.78 Å². The van der Waals surface area contributed by atoms with E-state index in [4.69, 9.17) is 4.74 Å². The van der Waals surface area contributed by atoms with E-state index in [0.29, 0.717) is 12.3 Å². The molecule has 0 amide bonds. The molecule has 0 N–H and O–H groups in total. The Balaban J connectivity index is 2.03. The summed E-state index contributed by atoms with van der Waals surface area (Å²) in [4.78, 5) is 12.1. The van der Waals surface area contributed by atoms with Crippen LogP contribution in [0.25, 0.3) is 0 Å². The second-order valence-corrected chi connectivity index (χ2v) is 4.74. The standard InChI is InChI=1S/C13H20N2O2/c1-4-10-7-11(15(2)14-10)8-12(16)13(17-3)9-5-6-9/h7,9,13H,4-6,8H2,1-3H3. The van der Waals surface area contributed by atoms with Crippen LogP contribution in [0.1, 0.15) is 31.2 Å². The minimum Gasteiger partial charge on any atom is -0.373 e. The maximum Gasteiger partial charge on any atom is 0.167 e. The summed E-state index contributed by atoms with van der Waals surface area (Å²) in [5, 5.41) is 4.35. The Hall–Kier alpha value is -1.16. The maximum absolute atomic E-state index is 12.1. The van der Waals surface area contributed by atoms with E-state index in [0.717, 1.165) is 30.7 Å². The number of Topliss-reactive ketones (excluding diaryl/α,β-unsaturated/α-hetero) is 1. The molecule has 0 aromatic carbocycles. The van der Waals surface area contributed by atoms with Gasteiger partial charge in [0, 0.05) is 19.9 Å². The summed E-state index contributed by atoms with van der Waals surface area (Å²) < 4.78 is 7.10. The smallest absolute Gasteiger partial charge is 0.167 e.